The fourth-order valence-corrected chi connectivity index (χ4v) is 2.78. The molecular formula is C11H15NS. The maximum Gasteiger partial charge on any atom is 0.0792 e. The number of aryl methyl sites for hydroxylation is 1. The van der Waals surface area contributed by atoms with Crippen molar-refractivity contribution in [3.8, 4) is 0 Å². The first kappa shape index (κ1) is 9.10. The SMILES string of the molecule is Cc1ccc(C2NC(C)CS2)cc1. The lowest BCUT2D eigenvalue weighted by Crippen LogP contribution is -2.21. The summed E-state index contributed by atoms with van der Waals surface area (Å²) in [7, 11) is 0. The molecule has 0 spiro atoms. The standard InChI is InChI=1S/C11H15NS/c1-8-3-5-10(6-4-8)11-12-9(2)7-13-11/h3-6,9,11-12H,7H2,1-2H3. The van der Waals surface area contributed by atoms with Gasteiger partial charge in [-0.3, -0.25) is 5.32 Å². The highest BCUT2D eigenvalue weighted by atomic mass is 32.2. The molecule has 0 saturated carbocycles. The molecule has 1 aromatic carbocycles. The Kier molecular flexibility index (Phi) is 2.61. The fraction of sp³-hybridized carbons (Fsp3) is 0.455. The molecule has 2 rings (SSSR count). The van der Waals surface area contributed by atoms with Gasteiger partial charge in [0.1, 0.15) is 0 Å². The molecule has 0 aromatic heterocycles. The Morgan fingerprint density at radius 2 is 2.00 bits per heavy atom. The Balaban J connectivity index is 2.13. The molecule has 0 aliphatic carbocycles. The van der Waals surface area contributed by atoms with Crippen molar-refractivity contribution in [3.05, 3.63) is 35.4 Å². The van der Waals surface area contributed by atoms with Gasteiger partial charge in [-0.25, -0.2) is 0 Å². The molecule has 1 N–H and O–H groups in total. The van der Waals surface area contributed by atoms with E-state index in [1.54, 1.807) is 0 Å². The predicted molar refractivity (Wildman–Crippen MR) is 59.0 cm³/mol. The summed E-state index contributed by atoms with van der Waals surface area (Å²) in [6.45, 7) is 4.36. The Morgan fingerprint density at radius 3 is 2.54 bits per heavy atom. The van der Waals surface area contributed by atoms with Gasteiger partial charge >= 0.3 is 0 Å². The number of hydrogen-bond donors (Lipinski definition) is 1. The van der Waals surface area contributed by atoms with Gasteiger partial charge in [0, 0.05) is 11.8 Å². The van der Waals surface area contributed by atoms with E-state index in [4.69, 9.17) is 0 Å². The van der Waals surface area contributed by atoms with Crippen molar-refractivity contribution >= 4 is 11.8 Å². The van der Waals surface area contributed by atoms with Gasteiger partial charge in [-0.15, -0.1) is 11.8 Å². The highest BCUT2D eigenvalue weighted by Crippen LogP contribution is 2.32. The fourth-order valence-electron chi connectivity index (χ4n) is 1.53. The lowest BCUT2D eigenvalue weighted by Gasteiger charge is -2.10. The molecule has 13 heavy (non-hydrogen) atoms. The molecule has 0 radical (unpaired) electrons. The molecule has 2 unspecified atom stereocenters. The summed E-state index contributed by atoms with van der Waals surface area (Å²) in [6.07, 6.45) is 0. The van der Waals surface area contributed by atoms with Crippen LogP contribution in [0, 0.1) is 6.92 Å². The van der Waals surface area contributed by atoms with Crippen molar-refractivity contribution in [3.63, 3.8) is 0 Å². The lowest BCUT2D eigenvalue weighted by molar-refractivity contribution is 0.618. The van der Waals surface area contributed by atoms with E-state index in [2.05, 4.69) is 43.4 Å². The summed E-state index contributed by atoms with van der Waals surface area (Å²) in [5, 5.41) is 4.06. The van der Waals surface area contributed by atoms with E-state index in [0.29, 0.717) is 11.4 Å². The zero-order valence-corrected chi connectivity index (χ0v) is 8.90. The van der Waals surface area contributed by atoms with Crippen molar-refractivity contribution in [2.24, 2.45) is 0 Å². The number of benzene rings is 1. The quantitative estimate of drug-likeness (QED) is 0.736. The molecule has 1 saturated heterocycles. The van der Waals surface area contributed by atoms with Gasteiger partial charge in [-0.2, -0.15) is 0 Å². The summed E-state index contributed by atoms with van der Waals surface area (Å²) in [6, 6.07) is 9.45. The lowest BCUT2D eigenvalue weighted by atomic mass is 10.1. The average Bonchev–Trinajstić information content (AvgIpc) is 2.53. The first-order valence-corrected chi connectivity index (χ1v) is 5.75. The van der Waals surface area contributed by atoms with Gasteiger partial charge < -0.3 is 0 Å². The maximum atomic E-state index is 3.55. The molecule has 1 aliphatic heterocycles. The summed E-state index contributed by atoms with van der Waals surface area (Å²) in [5.41, 5.74) is 2.74. The summed E-state index contributed by atoms with van der Waals surface area (Å²) in [5.74, 6) is 1.22. The summed E-state index contributed by atoms with van der Waals surface area (Å²) >= 11 is 2.00. The second-order valence-electron chi connectivity index (χ2n) is 3.69. The van der Waals surface area contributed by atoms with Crippen LogP contribution in [0.2, 0.25) is 0 Å². The average molecular weight is 193 g/mol. The zero-order valence-electron chi connectivity index (χ0n) is 8.08. The van der Waals surface area contributed by atoms with Crippen LogP contribution in [0.25, 0.3) is 0 Å². The first-order chi connectivity index (χ1) is 6.25. The van der Waals surface area contributed by atoms with E-state index >= 15 is 0 Å². The van der Waals surface area contributed by atoms with Gasteiger partial charge in [0.15, 0.2) is 0 Å². The first-order valence-electron chi connectivity index (χ1n) is 4.70. The minimum atomic E-state index is 0.510. The monoisotopic (exact) mass is 193 g/mol. The second-order valence-corrected chi connectivity index (χ2v) is 4.83. The predicted octanol–water partition coefficient (Wildman–Crippen LogP) is 2.72. The van der Waals surface area contributed by atoms with Crippen LogP contribution < -0.4 is 5.32 Å². The van der Waals surface area contributed by atoms with Crippen molar-refractivity contribution in [1.82, 2.24) is 5.32 Å². The van der Waals surface area contributed by atoms with E-state index in [1.165, 1.54) is 16.9 Å². The molecule has 2 atom stereocenters. The van der Waals surface area contributed by atoms with Crippen LogP contribution in [-0.4, -0.2) is 11.8 Å². The number of thioether (sulfide) groups is 1. The van der Waals surface area contributed by atoms with Crippen molar-refractivity contribution < 1.29 is 0 Å². The zero-order chi connectivity index (χ0) is 9.26. The van der Waals surface area contributed by atoms with Crippen molar-refractivity contribution in [2.45, 2.75) is 25.3 Å². The largest absolute Gasteiger partial charge is 0.298 e. The minimum absolute atomic E-state index is 0.510. The van der Waals surface area contributed by atoms with E-state index in [0.717, 1.165) is 0 Å². The van der Waals surface area contributed by atoms with Crippen LogP contribution >= 0.6 is 11.8 Å². The highest BCUT2D eigenvalue weighted by Gasteiger charge is 2.21. The summed E-state index contributed by atoms with van der Waals surface area (Å²) in [4.78, 5) is 0. The normalized spacial score (nSPS) is 27.8. The van der Waals surface area contributed by atoms with Gasteiger partial charge in [-0.1, -0.05) is 29.8 Å². The summed E-state index contributed by atoms with van der Waals surface area (Å²) < 4.78 is 0. The van der Waals surface area contributed by atoms with Gasteiger partial charge in [-0.05, 0) is 19.4 Å². The van der Waals surface area contributed by atoms with Gasteiger partial charge in [0.05, 0.1) is 5.37 Å². The van der Waals surface area contributed by atoms with E-state index in [9.17, 15) is 0 Å². The molecule has 1 fully saturated rings. The maximum absolute atomic E-state index is 3.55. The topological polar surface area (TPSA) is 12.0 Å². The molecule has 70 valence electrons. The van der Waals surface area contributed by atoms with Gasteiger partial charge in [0.2, 0.25) is 0 Å². The Hall–Kier alpha value is -0.470. The Bertz CT molecular complexity index is 281. The molecule has 0 amide bonds. The van der Waals surface area contributed by atoms with E-state index in [1.807, 2.05) is 11.8 Å². The number of nitrogens with one attached hydrogen (secondary N) is 1. The molecule has 2 heteroatoms. The molecule has 0 bridgehead atoms. The second kappa shape index (κ2) is 3.72. The molecular weight excluding hydrogens is 178 g/mol. The van der Waals surface area contributed by atoms with Crippen LogP contribution in [0.5, 0.6) is 0 Å². The van der Waals surface area contributed by atoms with E-state index in [-0.39, 0.29) is 0 Å². The van der Waals surface area contributed by atoms with E-state index < -0.39 is 0 Å². The number of hydrogen-bond acceptors (Lipinski definition) is 2. The van der Waals surface area contributed by atoms with Crippen LogP contribution in [0.3, 0.4) is 0 Å². The van der Waals surface area contributed by atoms with Crippen LogP contribution in [-0.2, 0) is 0 Å². The Morgan fingerprint density at radius 1 is 1.31 bits per heavy atom. The van der Waals surface area contributed by atoms with Crippen molar-refractivity contribution in [1.29, 1.82) is 0 Å². The smallest absolute Gasteiger partial charge is 0.0792 e. The van der Waals surface area contributed by atoms with Gasteiger partial charge in [0.25, 0.3) is 0 Å². The van der Waals surface area contributed by atoms with Crippen LogP contribution in [0.15, 0.2) is 24.3 Å². The highest BCUT2D eigenvalue weighted by molar-refractivity contribution is 7.99. The van der Waals surface area contributed by atoms with Crippen LogP contribution in [0.4, 0.5) is 0 Å². The third-order valence-corrected chi connectivity index (χ3v) is 3.76. The molecule has 1 aromatic rings. The third kappa shape index (κ3) is 2.06. The molecule has 1 nitrogen and oxygen atoms in total. The third-order valence-electron chi connectivity index (χ3n) is 2.33. The minimum Gasteiger partial charge on any atom is -0.298 e. The van der Waals surface area contributed by atoms with Crippen LogP contribution in [0.1, 0.15) is 23.4 Å². The van der Waals surface area contributed by atoms with Crippen molar-refractivity contribution in [2.75, 3.05) is 5.75 Å². The number of rotatable bonds is 1. The molecule has 1 aliphatic rings. The Labute approximate surface area is 83.9 Å². The molecule has 1 heterocycles.